The van der Waals surface area contributed by atoms with Crippen LogP contribution < -0.4 is 5.32 Å². The van der Waals surface area contributed by atoms with Gasteiger partial charge in [0.25, 0.3) is 5.91 Å². The van der Waals surface area contributed by atoms with Crippen LogP contribution in [0.25, 0.3) is 11.0 Å². The molecule has 1 fully saturated rings. The summed E-state index contributed by atoms with van der Waals surface area (Å²) in [4.78, 5) is 15.4. The number of amides is 1. The molecule has 1 atom stereocenters. The zero-order valence-electron chi connectivity index (χ0n) is 18.2. The van der Waals surface area contributed by atoms with Crippen molar-refractivity contribution in [3.63, 3.8) is 0 Å². The summed E-state index contributed by atoms with van der Waals surface area (Å²) < 4.78 is 11.8. The SMILES string of the molecule is Cc1ccc2oc(C(=O)NCC(c3ccc(C)o3)N3CCC(C)CC3)c(C)c2c1.Cl. The lowest BCUT2D eigenvalue weighted by Gasteiger charge is -2.35. The van der Waals surface area contributed by atoms with E-state index in [2.05, 4.69) is 23.2 Å². The van der Waals surface area contributed by atoms with Crippen LogP contribution in [0.5, 0.6) is 0 Å². The summed E-state index contributed by atoms with van der Waals surface area (Å²) in [7, 11) is 0. The molecular weight excluding hydrogens is 400 g/mol. The van der Waals surface area contributed by atoms with Gasteiger partial charge in [0.2, 0.25) is 0 Å². The standard InChI is InChI=1S/C24H30N2O3.ClH/c1-15-9-11-26(12-10-15)20(22-8-6-17(3)28-22)14-25-24(27)23-18(4)19-13-16(2)5-7-21(19)29-23;/h5-8,13,15,20H,9-12,14H2,1-4H3,(H,25,27);1H. The Morgan fingerprint density at radius 3 is 2.53 bits per heavy atom. The summed E-state index contributed by atoms with van der Waals surface area (Å²) in [5.41, 5.74) is 2.79. The van der Waals surface area contributed by atoms with Crippen LogP contribution in [0.15, 0.2) is 39.2 Å². The second-order valence-corrected chi connectivity index (χ2v) is 8.45. The number of nitrogens with zero attached hydrogens (tertiary/aromatic N) is 1. The number of rotatable bonds is 5. The average Bonchev–Trinajstić information content (AvgIpc) is 3.27. The lowest BCUT2D eigenvalue weighted by atomic mass is 9.97. The molecule has 4 rings (SSSR count). The highest BCUT2D eigenvalue weighted by molar-refractivity contribution is 5.99. The molecule has 5 nitrogen and oxygen atoms in total. The normalized spacial score (nSPS) is 16.4. The van der Waals surface area contributed by atoms with Crippen LogP contribution in [0, 0.1) is 26.7 Å². The first kappa shape index (κ1) is 22.4. The quantitative estimate of drug-likeness (QED) is 0.574. The lowest BCUT2D eigenvalue weighted by molar-refractivity contribution is 0.0871. The Hall–Kier alpha value is -2.24. The molecule has 0 radical (unpaired) electrons. The van der Waals surface area contributed by atoms with Crippen LogP contribution in [-0.4, -0.2) is 30.4 Å². The number of furan rings is 2. The molecule has 1 saturated heterocycles. The van der Waals surface area contributed by atoms with Gasteiger partial charge in [-0.25, -0.2) is 0 Å². The number of likely N-dealkylation sites (tertiary alicyclic amines) is 1. The molecule has 1 amide bonds. The molecule has 1 aliphatic heterocycles. The molecule has 30 heavy (non-hydrogen) atoms. The summed E-state index contributed by atoms with van der Waals surface area (Å²) in [6.45, 7) is 10.8. The molecule has 0 aliphatic carbocycles. The van der Waals surface area contributed by atoms with Gasteiger partial charge in [-0.1, -0.05) is 18.6 Å². The van der Waals surface area contributed by atoms with Gasteiger partial charge in [-0.3, -0.25) is 9.69 Å². The topological polar surface area (TPSA) is 58.6 Å². The van der Waals surface area contributed by atoms with Crippen molar-refractivity contribution in [3.05, 3.63) is 58.7 Å². The third-order valence-corrected chi connectivity index (χ3v) is 6.10. The first-order valence-electron chi connectivity index (χ1n) is 10.5. The van der Waals surface area contributed by atoms with Crippen molar-refractivity contribution >= 4 is 29.3 Å². The van der Waals surface area contributed by atoms with Crippen LogP contribution in [0.2, 0.25) is 0 Å². The molecular formula is C24H31ClN2O3. The fourth-order valence-electron chi connectivity index (χ4n) is 4.20. The molecule has 3 heterocycles. The summed E-state index contributed by atoms with van der Waals surface area (Å²) in [5.74, 6) is 2.78. The van der Waals surface area contributed by atoms with Crippen LogP contribution in [0.3, 0.4) is 0 Å². The van der Waals surface area contributed by atoms with Crippen LogP contribution in [-0.2, 0) is 0 Å². The van der Waals surface area contributed by atoms with E-state index >= 15 is 0 Å². The Bertz CT molecular complexity index is 1010. The first-order valence-corrected chi connectivity index (χ1v) is 10.5. The molecule has 1 N–H and O–H groups in total. The maximum absolute atomic E-state index is 12.9. The van der Waals surface area contributed by atoms with Gasteiger partial charge in [-0.05, 0) is 76.9 Å². The molecule has 6 heteroatoms. The minimum Gasteiger partial charge on any atom is -0.465 e. The maximum atomic E-state index is 12.9. The van der Waals surface area contributed by atoms with Gasteiger partial charge in [-0.15, -0.1) is 12.4 Å². The molecule has 3 aromatic rings. The van der Waals surface area contributed by atoms with E-state index in [9.17, 15) is 4.79 Å². The van der Waals surface area contributed by atoms with Crippen LogP contribution in [0.1, 0.15) is 59.0 Å². The van der Waals surface area contributed by atoms with E-state index in [0.717, 1.165) is 52.6 Å². The Labute approximate surface area is 184 Å². The molecule has 0 saturated carbocycles. The minimum absolute atomic E-state index is 0. The number of nitrogens with one attached hydrogen (secondary N) is 1. The third kappa shape index (κ3) is 4.57. The van der Waals surface area contributed by atoms with Gasteiger partial charge in [0.1, 0.15) is 17.1 Å². The van der Waals surface area contributed by atoms with Crippen molar-refractivity contribution in [2.24, 2.45) is 5.92 Å². The van der Waals surface area contributed by atoms with E-state index in [1.54, 1.807) is 0 Å². The van der Waals surface area contributed by atoms with Gasteiger partial charge in [0.15, 0.2) is 5.76 Å². The minimum atomic E-state index is -0.171. The van der Waals surface area contributed by atoms with Gasteiger partial charge in [0, 0.05) is 17.5 Å². The predicted molar refractivity (Wildman–Crippen MR) is 121 cm³/mol. The van der Waals surface area contributed by atoms with Crippen molar-refractivity contribution in [3.8, 4) is 0 Å². The number of hydrogen-bond donors (Lipinski definition) is 1. The Morgan fingerprint density at radius 2 is 1.87 bits per heavy atom. The van der Waals surface area contributed by atoms with E-state index in [0.29, 0.717) is 12.3 Å². The highest BCUT2D eigenvalue weighted by atomic mass is 35.5. The molecule has 0 spiro atoms. The molecule has 2 aromatic heterocycles. The fraction of sp³-hybridized carbons (Fsp3) is 0.458. The van der Waals surface area contributed by atoms with Crippen molar-refractivity contribution in [2.45, 2.75) is 46.6 Å². The monoisotopic (exact) mass is 430 g/mol. The smallest absolute Gasteiger partial charge is 0.287 e. The number of halogens is 1. The van der Waals surface area contributed by atoms with Gasteiger partial charge in [0.05, 0.1) is 6.04 Å². The van der Waals surface area contributed by atoms with E-state index in [4.69, 9.17) is 8.83 Å². The van der Waals surface area contributed by atoms with E-state index in [1.807, 2.05) is 45.0 Å². The van der Waals surface area contributed by atoms with Crippen molar-refractivity contribution in [1.29, 1.82) is 0 Å². The van der Waals surface area contributed by atoms with Crippen molar-refractivity contribution in [1.82, 2.24) is 10.2 Å². The van der Waals surface area contributed by atoms with Crippen molar-refractivity contribution < 1.29 is 13.6 Å². The second-order valence-electron chi connectivity index (χ2n) is 8.45. The lowest BCUT2D eigenvalue weighted by Crippen LogP contribution is -2.41. The number of hydrogen-bond acceptors (Lipinski definition) is 4. The van der Waals surface area contributed by atoms with Gasteiger partial charge in [-0.2, -0.15) is 0 Å². The highest BCUT2D eigenvalue weighted by Crippen LogP contribution is 2.29. The Kier molecular flexibility index (Phi) is 6.94. The van der Waals surface area contributed by atoms with E-state index in [1.165, 1.54) is 12.8 Å². The number of benzene rings is 1. The zero-order chi connectivity index (χ0) is 20.5. The largest absolute Gasteiger partial charge is 0.465 e. The second kappa shape index (κ2) is 9.27. The van der Waals surface area contributed by atoms with Gasteiger partial charge < -0.3 is 14.2 Å². The molecule has 162 valence electrons. The van der Waals surface area contributed by atoms with Crippen molar-refractivity contribution in [2.75, 3.05) is 19.6 Å². The number of carbonyl (C=O) groups excluding carboxylic acids is 1. The summed E-state index contributed by atoms with van der Waals surface area (Å²) in [6, 6.07) is 10.0. The molecule has 0 bridgehead atoms. The summed E-state index contributed by atoms with van der Waals surface area (Å²) in [6.07, 6.45) is 2.35. The number of fused-ring (bicyclic) bond motifs is 1. The molecule has 1 aliphatic rings. The summed E-state index contributed by atoms with van der Waals surface area (Å²) >= 11 is 0. The van der Waals surface area contributed by atoms with E-state index in [-0.39, 0.29) is 24.4 Å². The highest BCUT2D eigenvalue weighted by Gasteiger charge is 2.28. The van der Waals surface area contributed by atoms with Crippen LogP contribution >= 0.6 is 12.4 Å². The van der Waals surface area contributed by atoms with Crippen LogP contribution in [0.4, 0.5) is 0 Å². The average molecular weight is 431 g/mol. The van der Waals surface area contributed by atoms with E-state index < -0.39 is 0 Å². The number of carbonyl (C=O) groups is 1. The first-order chi connectivity index (χ1) is 13.9. The fourth-order valence-corrected chi connectivity index (χ4v) is 4.20. The zero-order valence-corrected chi connectivity index (χ0v) is 19.0. The summed E-state index contributed by atoms with van der Waals surface area (Å²) in [5, 5.41) is 4.10. The maximum Gasteiger partial charge on any atom is 0.287 e. The van der Waals surface area contributed by atoms with Gasteiger partial charge >= 0.3 is 0 Å². The Morgan fingerprint density at radius 1 is 1.13 bits per heavy atom. The number of aryl methyl sites for hydroxylation is 3. The predicted octanol–water partition coefficient (Wildman–Crippen LogP) is 5.58. The third-order valence-electron chi connectivity index (χ3n) is 6.10. The molecule has 1 aromatic carbocycles. The Balaban J connectivity index is 0.00000256. The number of piperidine rings is 1. The molecule has 1 unspecified atom stereocenters.